The Labute approximate surface area is 135 Å². The van der Waals surface area contributed by atoms with E-state index in [0.29, 0.717) is 24.4 Å². The van der Waals surface area contributed by atoms with Gasteiger partial charge in [-0.3, -0.25) is 9.59 Å². The first-order valence-corrected chi connectivity index (χ1v) is 8.84. The highest BCUT2D eigenvalue weighted by atomic mass is 32.1. The van der Waals surface area contributed by atoms with Gasteiger partial charge in [-0.2, -0.15) is 0 Å². The summed E-state index contributed by atoms with van der Waals surface area (Å²) in [5.74, 6) is 0.633. The Balaban J connectivity index is 1.76. The molecule has 1 N–H and O–H groups in total. The number of nitrogens with one attached hydrogen (secondary N) is 1. The predicted molar refractivity (Wildman–Crippen MR) is 88.2 cm³/mol. The maximum absolute atomic E-state index is 12.6. The number of hydrogen-bond donors (Lipinski definition) is 1. The molecule has 2 heterocycles. The minimum absolute atomic E-state index is 0.0153. The lowest BCUT2D eigenvalue weighted by atomic mass is 9.72. The number of hydrogen-bond acceptors (Lipinski definition) is 3. The smallest absolute Gasteiger partial charge is 0.264 e. The predicted octanol–water partition coefficient (Wildman–Crippen LogP) is 2.47. The molecule has 0 saturated carbocycles. The van der Waals surface area contributed by atoms with E-state index in [4.69, 9.17) is 0 Å². The van der Waals surface area contributed by atoms with Crippen molar-refractivity contribution in [2.75, 3.05) is 19.6 Å². The monoisotopic (exact) mass is 320 g/mol. The largest absolute Gasteiger partial charge is 0.353 e. The van der Waals surface area contributed by atoms with E-state index < -0.39 is 0 Å². The van der Waals surface area contributed by atoms with E-state index >= 15 is 0 Å². The van der Waals surface area contributed by atoms with Gasteiger partial charge in [0, 0.05) is 18.0 Å². The average molecular weight is 320 g/mol. The molecule has 22 heavy (non-hydrogen) atoms. The molecule has 2 aliphatic rings. The molecule has 1 fully saturated rings. The first-order chi connectivity index (χ1) is 10.3. The summed E-state index contributed by atoms with van der Waals surface area (Å²) in [6.45, 7) is 8.25. The Morgan fingerprint density at radius 2 is 2.18 bits per heavy atom. The van der Waals surface area contributed by atoms with E-state index in [1.54, 1.807) is 16.2 Å². The Hall–Kier alpha value is -1.36. The molecule has 120 valence electrons. The van der Waals surface area contributed by atoms with Crippen molar-refractivity contribution >= 4 is 23.2 Å². The highest BCUT2D eigenvalue weighted by Gasteiger charge is 2.31. The van der Waals surface area contributed by atoms with Gasteiger partial charge in [-0.25, -0.2) is 0 Å². The molecule has 0 aromatic carbocycles. The van der Waals surface area contributed by atoms with Crippen molar-refractivity contribution in [1.29, 1.82) is 0 Å². The molecule has 1 aromatic rings. The molecule has 1 atom stereocenters. The molecule has 5 heteroatoms. The number of aryl methyl sites for hydroxylation is 1. The van der Waals surface area contributed by atoms with Crippen LogP contribution in [0.1, 0.15) is 47.3 Å². The third-order valence-corrected chi connectivity index (χ3v) is 6.07. The molecule has 0 spiro atoms. The molecule has 1 aliphatic heterocycles. The highest BCUT2D eigenvalue weighted by molar-refractivity contribution is 7.14. The number of nitrogens with zero attached hydrogens (tertiary/aromatic N) is 1. The van der Waals surface area contributed by atoms with Gasteiger partial charge in [0.05, 0.1) is 11.4 Å². The van der Waals surface area contributed by atoms with Crippen LogP contribution >= 0.6 is 11.3 Å². The first kappa shape index (κ1) is 15.5. The van der Waals surface area contributed by atoms with E-state index in [2.05, 4.69) is 32.2 Å². The lowest BCUT2D eigenvalue weighted by molar-refractivity contribution is -0.123. The second-order valence-electron chi connectivity index (χ2n) is 7.44. The summed E-state index contributed by atoms with van der Waals surface area (Å²) >= 11 is 1.63. The van der Waals surface area contributed by atoms with Gasteiger partial charge in [-0.15, -0.1) is 11.3 Å². The fraction of sp³-hybridized carbons (Fsp3) is 0.647. The van der Waals surface area contributed by atoms with Crippen molar-refractivity contribution in [3.8, 4) is 0 Å². The molecular formula is C17H24N2O2S. The van der Waals surface area contributed by atoms with E-state index in [1.165, 1.54) is 16.9 Å². The normalized spacial score (nSPS) is 22.2. The zero-order valence-electron chi connectivity index (χ0n) is 13.6. The summed E-state index contributed by atoms with van der Waals surface area (Å²) in [6.07, 6.45) is 3.36. The third-order valence-electron chi connectivity index (χ3n) is 4.84. The summed E-state index contributed by atoms with van der Waals surface area (Å²) in [4.78, 5) is 27.9. The Morgan fingerprint density at radius 1 is 1.41 bits per heavy atom. The van der Waals surface area contributed by atoms with Crippen LogP contribution in [0.3, 0.4) is 0 Å². The van der Waals surface area contributed by atoms with E-state index in [-0.39, 0.29) is 18.4 Å². The van der Waals surface area contributed by atoms with E-state index in [9.17, 15) is 9.59 Å². The zero-order chi connectivity index (χ0) is 15.9. The van der Waals surface area contributed by atoms with Crippen LogP contribution in [0.4, 0.5) is 0 Å². The van der Waals surface area contributed by atoms with Crippen LogP contribution in [0.5, 0.6) is 0 Å². The minimum Gasteiger partial charge on any atom is -0.353 e. The van der Waals surface area contributed by atoms with Crippen LogP contribution in [0.2, 0.25) is 0 Å². The zero-order valence-corrected chi connectivity index (χ0v) is 14.4. The highest BCUT2D eigenvalue weighted by Crippen LogP contribution is 2.40. The quantitative estimate of drug-likeness (QED) is 0.864. The van der Waals surface area contributed by atoms with Crippen LogP contribution in [0.15, 0.2) is 6.07 Å². The summed E-state index contributed by atoms with van der Waals surface area (Å²) in [5.41, 5.74) is 1.66. The van der Waals surface area contributed by atoms with Crippen molar-refractivity contribution in [1.82, 2.24) is 10.2 Å². The number of carbonyl (C=O) groups excluding carboxylic acids is 2. The molecule has 1 aliphatic carbocycles. The van der Waals surface area contributed by atoms with Crippen molar-refractivity contribution < 1.29 is 9.59 Å². The summed E-state index contributed by atoms with van der Waals surface area (Å²) in [7, 11) is 0. The van der Waals surface area contributed by atoms with Gasteiger partial charge in [-0.1, -0.05) is 20.8 Å². The summed E-state index contributed by atoms with van der Waals surface area (Å²) < 4.78 is 0. The minimum atomic E-state index is -0.0614. The second-order valence-corrected chi connectivity index (χ2v) is 8.58. The van der Waals surface area contributed by atoms with Crippen LogP contribution < -0.4 is 5.32 Å². The molecular weight excluding hydrogens is 296 g/mol. The fourth-order valence-electron chi connectivity index (χ4n) is 3.34. The molecule has 0 radical (unpaired) electrons. The van der Waals surface area contributed by atoms with Crippen molar-refractivity contribution in [2.24, 2.45) is 11.3 Å². The van der Waals surface area contributed by atoms with Gasteiger partial charge in [0.15, 0.2) is 0 Å². The number of carbonyl (C=O) groups is 2. The molecule has 0 unspecified atom stereocenters. The van der Waals surface area contributed by atoms with Crippen molar-refractivity contribution in [3.63, 3.8) is 0 Å². The molecule has 1 saturated heterocycles. The van der Waals surface area contributed by atoms with Gasteiger partial charge < -0.3 is 10.2 Å². The molecule has 0 bridgehead atoms. The molecule has 2 amide bonds. The van der Waals surface area contributed by atoms with Crippen LogP contribution in [-0.4, -0.2) is 36.3 Å². The lowest BCUT2D eigenvalue weighted by Gasteiger charge is -2.33. The van der Waals surface area contributed by atoms with Crippen LogP contribution in [-0.2, 0) is 17.6 Å². The number of thiophene rings is 1. The van der Waals surface area contributed by atoms with Gasteiger partial charge in [0.1, 0.15) is 0 Å². The van der Waals surface area contributed by atoms with Gasteiger partial charge in [0.2, 0.25) is 5.91 Å². The average Bonchev–Trinajstić information content (AvgIpc) is 2.88. The second kappa shape index (κ2) is 5.69. The van der Waals surface area contributed by atoms with Crippen LogP contribution in [0.25, 0.3) is 0 Å². The van der Waals surface area contributed by atoms with Gasteiger partial charge in [0.25, 0.3) is 5.91 Å². The SMILES string of the molecule is CC(C)(C)[C@@H]1CCc2sc(C(=O)N3CCNC(=O)C3)cc2C1. The first-order valence-electron chi connectivity index (χ1n) is 8.02. The van der Waals surface area contributed by atoms with E-state index in [1.807, 2.05) is 0 Å². The topological polar surface area (TPSA) is 49.4 Å². The Bertz CT molecular complexity index is 600. The molecule has 4 nitrogen and oxygen atoms in total. The van der Waals surface area contributed by atoms with E-state index in [0.717, 1.165) is 17.7 Å². The third kappa shape index (κ3) is 3.05. The number of piperazine rings is 1. The maximum Gasteiger partial charge on any atom is 0.264 e. The maximum atomic E-state index is 12.6. The van der Waals surface area contributed by atoms with Gasteiger partial charge in [-0.05, 0) is 42.2 Å². The fourth-order valence-corrected chi connectivity index (χ4v) is 4.51. The summed E-state index contributed by atoms with van der Waals surface area (Å²) in [6, 6.07) is 2.08. The van der Waals surface area contributed by atoms with Gasteiger partial charge >= 0.3 is 0 Å². The standard InChI is InChI=1S/C17H24N2O2S/c1-17(2,3)12-4-5-13-11(8-12)9-14(22-13)16(21)19-7-6-18-15(20)10-19/h9,12H,4-8,10H2,1-3H3,(H,18,20)/t12-/m1/s1. The van der Waals surface area contributed by atoms with Crippen molar-refractivity contribution in [2.45, 2.75) is 40.0 Å². The lowest BCUT2D eigenvalue weighted by Crippen LogP contribution is -2.49. The van der Waals surface area contributed by atoms with Crippen LogP contribution in [0, 0.1) is 11.3 Å². The Kier molecular flexibility index (Phi) is 4.02. The number of amides is 2. The number of fused-ring (bicyclic) bond motifs is 1. The molecule has 1 aromatic heterocycles. The molecule has 3 rings (SSSR count). The van der Waals surface area contributed by atoms with Crippen molar-refractivity contribution in [3.05, 3.63) is 21.4 Å². The summed E-state index contributed by atoms with van der Waals surface area (Å²) in [5, 5.41) is 2.76. The number of rotatable bonds is 1. The Morgan fingerprint density at radius 3 is 2.86 bits per heavy atom.